The molecule has 32 heavy (non-hydrogen) atoms. The maximum Gasteiger partial charge on any atom is 0.411 e. The minimum Gasteiger partial charge on any atom is -0.437 e. The van der Waals surface area contributed by atoms with Crippen molar-refractivity contribution < 1.29 is 18.3 Å². The molecule has 2 heterocycles. The number of carbonyl (C=O) groups excluding carboxylic acids is 1. The lowest BCUT2D eigenvalue weighted by molar-refractivity contribution is -0.0588. The van der Waals surface area contributed by atoms with Crippen molar-refractivity contribution >= 4 is 6.09 Å². The van der Waals surface area contributed by atoms with E-state index in [0.717, 1.165) is 16.7 Å². The van der Waals surface area contributed by atoms with Gasteiger partial charge in [-0.2, -0.15) is 0 Å². The van der Waals surface area contributed by atoms with Crippen LogP contribution in [0.4, 0.5) is 13.6 Å². The summed E-state index contributed by atoms with van der Waals surface area (Å²) in [6.07, 6.45) is 5.08. The van der Waals surface area contributed by atoms with Crippen molar-refractivity contribution in [1.82, 2.24) is 9.88 Å². The molecule has 1 amide bonds. The largest absolute Gasteiger partial charge is 0.437 e. The third kappa shape index (κ3) is 4.26. The Hall–Kier alpha value is -3.54. The Morgan fingerprint density at radius 1 is 1.09 bits per heavy atom. The number of carbonyl (C=O) groups is 1. The van der Waals surface area contributed by atoms with Crippen LogP contribution in [0, 0.1) is 11.6 Å². The molecule has 1 aliphatic heterocycles. The molecular formula is C26H24F2N2O2. The molecule has 0 bridgehead atoms. The van der Waals surface area contributed by atoms with Gasteiger partial charge >= 0.3 is 6.09 Å². The molecule has 164 valence electrons. The van der Waals surface area contributed by atoms with Crippen molar-refractivity contribution in [3.05, 3.63) is 102 Å². The summed E-state index contributed by atoms with van der Waals surface area (Å²) in [7, 11) is 0. The van der Waals surface area contributed by atoms with E-state index in [9.17, 15) is 13.6 Å². The smallest absolute Gasteiger partial charge is 0.411 e. The van der Waals surface area contributed by atoms with Crippen LogP contribution in [0.5, 0.6) is 0 Å². The molecule has 0 aliphatic carbocycles. The number of amides is 1. The number of hydrogen-bond donors (Lipinski definition) is 0. The average Bonchev–Trinajstić information content (AvgIpc) is 2.79. The Balaban J connectivity index is 1.52. The topological polar surface area (TPSA) is 42.4 Å². The number of cyclic esters (lactones) is 1. The van der Waals surface area contributed by atoms with Crippen molar-refractivity contribution in [3.8, 4) is 11.1 Å². The predicted octanol–water partition coefficient (Wildman–Crippen LogP) is 6.40. The van der Waals surface area contributed by atoms with Gasteiger partial charge in [0.25, 0.3) is 0 Å². The second-order valence-corrected chi connectivity index (χ2v) is 8.00. The molecule has 1 fully saturated rings. The van der Waals surface area contributed by atoms with E-state index in [2.05, 4.69) is 11.6 Å². The maximum atomic E-state index is 13.5. The standard InChI is InChI=1S/C26H24F2N2O2/c1-3-12-26(22-8-10-23(27)11-9-22)13-14-30(25(31)32-26)18(2)19-4-6-20(7-5-19)21-15-24(28)17-29-16-21/h3-11,15-18H,1,12-14H2,2H3/t18-,26?/m0/s1. The second kappa shape index (κ2) is 8.91. The van der Waals surface area contributed by atoms with Gasteiger partial charge < -0.3 is 9.64 Å². The van der Waals surface area contributed by atoms with Gasteiger partial charge in [0.1, 0.15) is 17.2 Å². The van der Waals surface area contributed by atoms with Crippen LogP contribution in [0.2, 0.25) is 0 Å². The fourth-order valence-electron chi connectivity index (χ4n) is 4.18. The van der Waals surface area contributed by atoms with Gasteiger partial charge in [0, 0.05) is 31.1 Å². The van der Waals surface area contributed by atoms with Gasteiger partial charge in [0.15, 0.2) is 0 Å². The minimum atomic E-state index is -0.850. The molecule has 0 spiro atoms. The second-order valence-electron chi connectivity index (χ2n) is 8.00. The molecule has 4 rings (SSSR count). The third-order valence-corrected chi connectivity index (χ3v) is 6.02. The summed E-state index contributed by atoms with van der Waals surface area (Å²) in [4.78, 5) is 18.6. The highest BCUT2D eigenvalue weighted by Gasteiger charge is 2.42. The highest BCUT2D eigenvalue weighted by molar-refractivity contribution is 5.70. The first-order chi connectivity index (χ1) is 15.4. The first kappa shape index (κ1) is 21.7. The quantitative estimate of drug-likeness (QED) is 0.422. The summed E-state index contributed by atoms with van der Waals surface area (Å²) in [5, 5.41) is 0. The molecule has 2 aromatic carbocycles. The molecule has 6 heteroatoms. The van der Waals surface area contributed by atoms with E-state index in [1.165, 1.54) is 24.4 Å². The number of benzene rings is 2. The number of halogens is 2. The molecule has 0 N–H and O–H groups in total. The average molecular weight is 434 g/mol. The van der Waals surface area contributed by atoms with Crippen molar-refractivity contribution in [2.24, 2.45) is 0 Å². The van der Waals surface area contributed by atoms with E-state index in [0.29, 0.717) is 24.9 Å². The van der Waals surface area contributed by atoms with Gasteiger partial charge in [-0.15, -0.1) is 6.58 Å². The van der Waals surface area contributed by atoms with E-state index < -0.39 is 11.7 Å². The van der Waals surface area contributed by atoms with Crippen molar-refractivity contribution in [3.63, 3.8) is 0 Å². The highest BCUT2D eigenvalue weighted by Crippen LogP contribution is 2.40. The first-order valence-corrected chi connectivity index (χ1v) is 10.5. The van der Waals surface area contributed by atoms with Crippen LogP contribution in [-0.2, 0) is 10.3 Å². The van der Waals surface area contributed by atoms with Crippen molar-refractivity contribution in [1.29, 1.82) is 0 Å². The minimum absolute atomic E-state index is 0.211. The monoisotopic (exact) mass is 434 g/mol. The van der Waals surface area contributed by atoms with Gasteiger partial charge in [-0.1, -0.05) is 42.5 Å². The molecule has 0 saturated carbocycles. The normalized spacial score (nSPS) is 19.3. The van der Waals surface area contributed by atoms with Gasteiger partial charge in [-0.05, 0) is 41.8 Å². The van der Waals surface area contributed by atoms with Crippen molar-refractivity contribution in [2.75, 3.05) is 6.54 Å². The Morgan fingerprint density at radius 3 is 2.44 bits per heavy atom. The number of ether oxygens (including phenoxy) is 1. The maximum absolute atomic E-state index is 13.5. The van der Waals surface area contributed by atoms with Gasteiger partial charge in [-0.3, -0.25) is 4.98 Å². The van der Waals surface area contributed by atoms with E-state index in [1.54, 1.807) is 29.3 Å². The Bertz CT molecular complexity index is 1120. The van der Waals surface area contributed by atoms with E-state index >= 15 is 0 Å². The van der Waals surface area contributed by atoms with Gasteiger partial charge in [0.05, 0.1) is 12.2 Å². The summed E-state index contributed by atoms with van der Waals surface area (Å²) < 4.78 is 32.8. The number of rotatable bonds is 6. The van der Waals surface area contributed by atoms with Crippen LogP contribution in [0.15, 0.2) is 79.6 Å². The van der Waals surface area contributed by atoms with E-state index in [-0.39, 0.29) is 17.7 Å². The van der Waals surface area contributed by atoms with Gasteiger partial charge in [-0.25, -0.2) is 13.6 Å². The lowest BCUT2D eigenvalue weighted by atomic mass is 9.85. The zero-order valence-electron chi connectivity index (χ0n) is 17.8. The number of hydrogen-bond acceptors (Lipinski definition) is 3. The lowest BCUT2D eigenvalue weighted by Crippen LogP contribution is -2.48. The summed E-state index contributed by atoms with van der Waals surface area (Å²) in [5.74, 6) is -0.725. The molecule has 1 aliphatic rings. The molecule has 1 unspecified atom stereocenters. The molecule has 0 radical (unpaired) electrons. The molecule has 3 aromatic rings. The fraction of sp³-hybridized carbons (Fsp3) is 0.231. The summed E-state index contributed by atoms with van der Waals surface area (Å²) in [6, 6.07) is 14.9. The summed E-state index contributed by atoms with van der Waals surface area (Å²) >= 11 is 0. The molecule has 4 nitrogen and oxygen atoms in total. The van der Waals surface area contributed by atoms with Crippen LogP contribution >= 0.6 is 0 Å². The fourth-order valence-corrected chi connectivity index (χ4v) is 4.18. The molecule has 1 aromatic heterocycles. The van der Waals surface area contributed by atoms with Crippen LogP contribution in [0.25, 0.3) is 11.1 Å². The summed E-state index contributed by atoms with van der Waals surface area (Å²) in [6.45, 7) is 6.23. The zero-order valence-corrected chi connectivity index (χ0v) is 17.8. The van der Waals surface area contributed by atoms with Crippen LogP contribution < -0.4 is 0 Å². The van der Waals surface area contributed by atoms with Crippen LogP contribution in [0.1, 0.15) is 36.9 Å². The molecular weight excluding hydrogens is 410 g/mol. The number of nitrogens with zero attached hydrogens (tertiary/aromatic N) is 2. The summed E-state index contributed by atoms with van der Waals surface area (Å²) in [5.41, 5.74) is 2.38. The Kier molecular flexibility index (Phi) is 6.04. The van der Waals surface area contributed by atoms with Crippen LogP contribution in [0.3, 0.4) is 0 Å². The van der Waals surface area contributed by atoms with E-state index in [4.69, 9.17) is 4.74 Å². The predicted molar refractivity (Wildman–Crippen MR) is 119 cm³/mol. The molecule has 1 saturated heterocycles. The third-order valence-electron chi connectivity index (χ3n) is 6.02. The highest BCUT2D eigenvalue weighted by atomic mass is 19.1. The van der Waals surface area contributed by atoms with Crippen molar-refractivity contribution in [2.45, 2.75) is 31.4 Å². The Morgan fingerprint density at radius 2 is 1.81 bits per heavy atom. The van der Waals surface area contributed by atoms with Crippen LogP contribution in [-0.4, -0.2) is 22.5 Å². The van der Waals surface area contributed by atoms with Gasteiger partial charge in [0.2, 0.25) is 0 Å². The first-order valence-electron chi connectivity index (χ1n) is 10.5. The van der Waals surface area contributed by atoms with E-state index in [1.807, 2.05) is 31.2 Å². The number of aromatic nitrogens is 1. The number of pyridine rings is 1. The zero-order chi connectivity index (χ0) is 22.7. The SMILES string of the molecule is C=CCC1(c2ccc(F)cc2)CCN([C@@H](C)c2ccc(-c3cncc(F)c3)cc2)C(=O)O1. The molecule has 2 atom stereocenters. The lowest BCUT2D eigenvalue weighted by Gasteiger charge is -2.43. The Labute approximate surface area is 186 Å².